The number of aliphatic hydroxyl groups excluding tert-OH is 1. The smallest absolute Gasteiger partial charge is 0.272 e. The minimum atomic E-state index is -0.461. The van der Waals surface area contributed by atoms with E-state index in [0.717, 1.165) is 48.9 Å². The van der Waals surface area contributed by atoms with Gasteiger partial charge in [-0.3, -0.25) is 19.7 Å². The lowest BCUT2D eigenvalue weighted by molar-refractivity contribution is -0.118. The molecule has 216 valence electrons. The van der Waals surface area contributed by atoms with Crippen molar-refractivity contribution in [3.63, 3.8) is 0 Å². The van der Waals surface area contributed by atoms with E-state index >= 15 is 0 Å². The van der Waals surface area contributed by atoms with E-state index in [1.165, 1.54) is 12.1 Å². The Bertz CT molecular complexity index is 1600. The Morgan fingerprint density at radius 3 is 2.71 bits per heavy atom. The summed E-state index contributed by atoms with van der Waals surface area (Å²) in [5, 5.41) is 23.5. The van der Waals surface area contributed by atoms with Crippen LogP contribution in [0.15, 0.2) is 59.9 Å². The fourth-order valence-corrected chi connectivity index (χ4v) is 7.22. The van der Waals surface area contributed by atoms with E-state index in [0.29, 0.717) is 48.5 Å². The van der Waals surface area contributed by atoms with Gasteiger partial charge in [0.1, 0.15) is 11.6 Å². The van der Waals surface area contributed by atoms with Crippen LogP contribution in [-0.2, 0) is 4.79 Å². The molecule has 1 atom stereocenters. The lowest BCUT2D eigenvalue weighted by Crippen LogP contribution is -2.39. The number of H-pyrrole nitrogens is 1. The molecule has 0 radical (unpaired) electrons. The van der Waals surface area contributed by atoms with Gasteiger partial charge in [-0.2, -0.15) is 5.10 Å². The number of amides is 1. The van der Waals surface area contributed by atoms with Crippen molar-refractivity contribution in [3.8, 4) is 11.1 Å². The zero-order valence-corrected chi connectivity index (χ0v) is 23.3. The number of anilines is 1. The molecule has 2 aromatic heterocycles. The van der Waals surface area contributed by atoms with Crippen molar-refractivity contribution in [1.29, 1.82) is 0 Å². The monoisotopic (exact) mass is 567 g/mol. The summed E-state index contributed by atoms with van der Waals surface area (Å²) in [5.41, 5.74) is 4.79. The van der Waals surface area contributed by atoms with Crippen LogP contribution < -0.4 is 10.6 Å². The van der Waals surface area contributed by atoms with Crippen LogP contribution in [-0.4, -0.2) is 44.6 Å². The molecule has 3 heterocycles. The van der Waals surface area contributed by atoms with Gasteiger partial charge >= 0.3 is 0 Å². The van der Waals surface area contributed by atoms with E-state index < -0.39 is 5.92 Å². The predicted molar refractivity (Wildman–Crippen MR) is 157 cm³/mol. The third-order valence-electron chi connectivity index (χ3n) is 9.46. The van der Waals surface area contributed by atoms with Crippen molar-refractivity contribution in [3.05, 3.63) is 82.7 Å². The molecular formula is C33H34FN5O3. The topological polar surface area (TPSA) is 120 Å². The maximum absolute atomic E-state index is 13.8. The van der Waals surface area contributed by atoms with Crippen LogP contribution in [0.3, 0.4) is 0 Å². The molecule has 2 saturated carbocycles. The molecular weight excluding hydrogens is 533 g/mol. The number of hydrogen-bond donors (Lipinski definition) is 4. The van der Waals surface area contributed by atoms with E-state index in [4.69, 9.17) is 0 Å². The number of halogens is 1. The number of Topliss-reactive ketones (excluding diaryl/α,β-unsaturated/α-hetero) is 1. The molecule has 3 aromatic rings. The Morgan fingerprint density at radius 2 is 1.98 bits per heavy atom. The minimum absolute atomic E-state index is 0.0105. The molecule has 1 aliphatic heterocycles. The quantitative estimate of drug-likeness (QED) is 0.312. The summed E-state index contributed by atoms with van der Waals surface area (Å²) in [4.78, 5) is 31.7. The number of carbonyl (C=O) groups excluding carboxylic acids is 2. The molecule has 1 amide bonds. The second-order valence-corrected chi connectivity index (χ2v) is 12.4. The van der Waals surface area contributed by atoms with Gasteiger partial charge in [-0.05, 0) is 73.3 Å². The largest absolute Gasteiger partial charge is 0.393 e. The first kappa shape index (κ1) is 26.8. The van der Waals surface area contributed by atoms with Crippen molar-refractivity contribution in [1.82, 2.24) is 20.5 Å². The number of pyridine rings is 1. The predicted octanol–water partition coefficient (Wildman–Crippen LogP) is 5.51. The Morgan fingerprint density at radius 1 is 1.14 bits per heavy atom. The van der Waals surface area contributed by atoms with Crippen LogP contribution in [0, 0.1) is 17.2 Å². The molecule has 7 rings (SSSR count). The lowest BCUT2D eigenvalue weighted by Gasteiger charge is -2.39. The molecule has 1 unspecified atom stereocenters. The number of aliphatic hydroxyl groups is 1. The highest BCUT2D eigenvalue weighted by Crippen LogP contribution is 2.53. The molecule has 9 heteroatoms. The van der Waals surface area contributed by atoms with Crippen molar-refractivity contribution < 1.29 is 19.1 Å². The molecule has 0 bridgehead atoms. The number of nitrogens with zero attached hydrogens (tertiary/aromatic N) is 2. The Labute approximate surface area is 243 Å². The highest BCUT2D eigenvalue weighted by molar-refractivity contribution is 6.03. The number of aromatic amines is 1. The fraction of sp³-hybridized carbons (Fsp3) is 0.394. The maximum atomic E-state index is 13.8. The number of fused-ring (bicyclic) bond motifs is 1. The number of nitrogens with one attached hydrogen (secondary N) is 3. The average molecular weight is 568 g/mol. The lowest BCUT2D eigenvalue weighted by atomic mass is 9.67. The molecule has 4 aliphatic rings. The Kier molecular flexibility index (Phi) is 6.77. The zero-order valence-electron chi connectivity index (χ0n) is 23.3. The Balaban J connectivity index is 1.20. The summed E-state index contributed by atoms with van der Waals surface area (Å²) in [6, 6.07) is 10.1. The van der Waals surface area contributed by atoms with Crippen molar-refractivity contribution in [2.24, 2.45) is 11.3 Å². The van der Waals surface area contributed by atoms with Gasteiger partial charge in [-0.1, -0.05) is 37.1 Å². The van der Waals surface area contributed by atoms with Gasteiger partial charge in [0.2, 0.25) is 0 Å². The minimum Gasteiger partial charge on any atom is -0.393 e. The number of aromatic nitrogens is 3. The van der Waals surface area contributed by atoms with Crippen LogP contribution in [0.25, 0.3) is 17.2 Å². The number of ketones is 1. The molecule has 2 fully saturated rings. The second-order valence-electron chi connectivity index (χ2n) is 12.4. The fourth-order valence-electron chi connectivity index (χ4n) is 7.22. The van der Waals surface area contributed by atoms with Gasteiger partial charge in [0.25, 0.3) is 5.91 Å². The van der Waals surface area contributed by atoms with Gasteiger partial charge in [0.15, 0.2) is 11.5 Å². The first-order chi connectivity index (χ1) is 20.4. The van der Waals surface area contributed by atoms with E-state index in [-0.39, 0.29) is 40.6 Å². The van der Waals surface area contributed by atoms with Crippen LogP contribution in [0.2, 0.25) is 0 Å². The zero-order chi connectivity index (χ0) is 28.8. The molecule has 1 spiro atoms. The number of benzene rings is 1. The van der Waals surface area contributed by atoms with Gasteiger partial charge < -0.3 is 15.7 Å². The molecule has 4 N–H and O–H groups in total. The number of allylic oxidation sites excluding steroid dienone is 3. The highest BCUT2D eigenvalue weighted by atomic mass is 19.1. The van der Waals surface area contributed by atoms with Crippen molar-refractivity contribution >= 4 is 23.6 Å². The molecule has 8 nitrogen and oxygen atoms in total. The third-order valence-corrected chi connectivity index (χ3v) is 9.46. The maximum Gasteiger partial charge on any atom is 0.272 e. The summed E-state index contributed by atoms with van der Waals surface area (Å²) < 4.78 is 13.7. The van der Waals surface area contributed by atoms with E-state index in [9.17, 15) is 19.1 Å². The van der Waals surface area contributed by atoms with Gasteiger partial charge in [0.05, 0.1) is 11.8 Å². The van der Waals surface area contributed by atoms with Crippen LogP contribution >= 0.6 is 0 Å². The first-order valence-corrected chi connectivity index (χ1v) is 14.9. The van der Waals surface area contributed by atoms with Gasteiger partial charge in [-0.15, -0.1) is 0 Å². The van der Waals surface area contributed by atoms with Gasteiger partial charge in [-0.25, -0.2) is 4.39 Å². The standard InChI is InChI=1S/C33H34FN5O3/c34-22-5-3-4-20(14-22)21-6-7-23(35-18-21)8-9-25-28-26(15-33(16-27(28)41)10-1-2-11-33)37-31-29(25)30(38-39-31)32(42)36-17-19-12-24(40)13-19/h3-9,14,18-19,24-25,40H,1-2,10-13,15-17H2,(H,36,42)(H2,37,38,39)/b9-8+/t19-,24+,25?. The summed E-state index contributed by atoms with van der Waals surface area (Å²) in [6.45, 7) is 0.475. The average Bonchev–Trinajstić information content (AvgIpc) is 3.60. The molecule has 42 heavy (non-hydrogen) atoms. The molecule has 1 aromatic carbocycles. The van der Waals surface area contributed by atoms with Crippen LogP contribution in [0.1, 0.15) is 79.0 Å². The van der Waals surface area contributed by atoms with E-state index in [1.54, 1.807) is 12.3 Å². The van der Waals surface area contributed by atoms with Crippen LogP contribution in [0.5, 0.6) is 0 Å². The molecule has 3 aliphatic carbocycles. The van der Waals surface area contributed by atoms with E-state index in [1.807, 2.05) is 30.4 Å². The normalized spacial score (nSPS) is 24.3. The Hall–Kier alpha value is -4.11. The second kappa shape index (κ2) is 10.6. The SMILES string of the molecule is O=C1CC2(CCCC2)CC2=C1C(/C=C/c1ccc(-c3cccc(F)c3)cn1)c1c(C(=O)NC[C@H]3C[C@@H](O)C3)n[nH]c1N2. The summed E-state index contributed by atoms with van der Waals surface area (Å²) in [7, 11) is 0. The summed E-state index contributed by atoms with van der Waals surface area (Å²) in [6.07, 6.45) is 12.3. The summed E-state index contributed by atoms with van der Waals surface area (Å²) in [5.74, 6) is -0.0421. The first-order valence-electron chi connectivity index (χ1n) is 14.9. The van der Waals surface area contributed by atoms with Crippen molar-refractivity contribution in [2.75, 3.05) is 11.9 Å². The van der Waals surface area contributed by atoms with Crippen LogP contribution in [0.4, 0.5) is 10.2 Å². The van der Waals surface area contributed by atoms with Gasteiger partial charge in [0, 0.05) is 47.5 Å². The number of rotatable bonds is 6. The van der Waals surface area contributed by atoms with E-state index in [2.05, 4.69) is 25.8 Å². The number of hydrogen-bond acceptors (Lipinski definition) is 6. The molecule has 0 saturated heterocycles. The number of carbonyl (C=O) groups is 2. The summed E-state index contributed by atoms with van der Waals surface area (Å²) >= 11 is 0. The third kappa shape index (κ3) is 4.96. The highest BCUT2D eigenvalue weighted by Gasteiger charge is 2.46. The van der Waals surface area contributed by atoms with Crippen molar-refractivity contribution in [2.45, 2.75) is 63.4 Å².